The van der Waals surface area contributed by atoms with E-state index in [2.05, 4.69) is 33.2 Å². The van der Waals surface area contributed by atoms with Crippen LogP contribution in [0.2, 0.25) is 0 Å². The lowest BCUT2D eigenvalue weighted by Gasteiger charge is -2.51. The zero-order chi connectivity index (χ0) is 22.1. The Bertz CT molecular complexity index is 765. The number of nitrogens with zero attached hydrogens (tertiary/aromatic N) is 2. The number of likely N-dealkylation sites (N-methyl/N-ethyl adjacent to an activating group) is 1. The maximum Gasteiger partial charge on any atom is 0.161 e. The van der Waals surface area contributed by atoms with Crippen LogP contribution in [0.1, 0.15) is 50.2 Å². The predicted octanol–water partition coefficient (Wildman–Crippen LogP) is 4.02. The number of piperidine rings is 2. The zero-order valence-corrected chi connectivity index (χ0v) is 20.5. The van der Waals surface area contributed by atoms with Gasteiger partial charge in [-0.3, -0.25) is 0 Å². The van der Waals surface area contributed by atoms with Crippen LogP contribution in [0.5, 0.6) is 11.5 Å². The SMILES string of the molecule is COc1cc2c(cc1OC)C[N@+](C)(C[C@H](C)OC[C@@H]1CCC[N@@+]3(C)CCCC[C@@H]13)CC2. The molecule has 3 aliphatic rings. The van der Waals surface area contributed by atoms with Crippen LogP contribution in [0.15, 0.2) is 12.1 Å². The molecule has 5 heteroatoms. The fourth-order valence-electron chi connectivity index (χ4n) is 6.77. The lowest BCUT2D eigenvalue weighted by molar-refractivity contribution is -0.947. The van der Waals surface area contributed by atoms with E-state index in [0.717, 1.165) is 60.6 Å². The first-order valence-electron chi connectivity index (χ1n) is 12.4. The molecule has 2 fully saturated rings. The van der Waals surface area contributed by atoms with Crippen molar-refractivity contribution in [2.45, 2.75) is 64.1 Å². The van der Waals surface area contributed by atoms with Gasteiger partial charge in [0.1, 0.15) is 19.2 Å². The number of ether oxygens (including phenoxy) is 3. The third-order valence-corrected chi connectivity index (χ3v) is 8.48. The first kappa shape index (κ1) is 22.9. The van der Waals surface area contributed by atoms with Crippen LogP contribution < -0.4 is 9.47 Å². The minimum atomic E-state index is 0.288. The smallest absolute Gasteiger partial charge is 0.161 e. The summed E-state index contributed by atoms with van der Waals surface area (Å²) in [5.74, 6) is 2.42. The van der Waals surface area contributed by atoms with E-state index in [1.165, 1.54) is 60.8 Å². The van der Waals surface area contributed by atoms with E-state index in [0.29, 0.717) is 0 Å². The predicted molar refractivity (Wildman–Crippen MR) is 125 cm³/mol. The summed E-state index contributed by atoms with van der Waals surface area (Å²) in [6.07, 6.45) is 8.31. The van der Waals surface area contributed by atoms with E-state index in [1.54, 1.807) is 14.2 Å². The number of quaternary nitrogens is 2. The molecule has 31 heavy (non-hydrogen) atoms. The van der Waals surface area contributed by atoms with E-state index < -0.39 is 0 Å². The topological polar surface area (TPSA) is 27.7 Å². The highest BCUT2D eigenvalue weighted by molar-refractivity contribution is 5.47. The highest BCUT2D eigenvalue weighted by Gasteiger charge is 2.43. The lowest BCUT2D eigenvalue weighted by atomic mass is 9.82. The van der Waals surface area contributed by atoms with Crippen LogP contribution in [0, 0.1) is 5.92 Å². The minimum absolute atomic E-state index is 0.288. The van der Waals surface area contributed by atoms with Gasteiger partial charge in [0.05, 0.1) is 60.6 Å². The van der Waals surface area contributed by atoms with Gasteiger partial charge in [0.15, 0.2) is 11.5 Å². The highest BCUT2D eigenvalue weighted by atomic mass is 16.5. The molecule has 3 aliphatic heterocycles. The average molecular weight is 433 g/mol. The van der Waals surface area contributed by atoms with E-state index in [4.69, 9.17) is 14.2 Å². The normalized spacial score (nSPS) is 33.8. The molecule has 0 N–H and O–H groups in total. The second kappa shape index (κ2) is 9.29. The van der Waals surface area contributed by atoms with Crippen molar-refractivity contribution in [3.63, 3.8) is 0 Å². The summed E-state index contributed by atoms with van der Waals surface area (Å²) in [6.45, 7) is 9.23. The Hall–Kier alpha value is -1.30. The molecule has 1 aromatic rings. The summed E-state index contributed by atoms with van der Waals surface area (Å²) in [5.41, 5.74) is 2.79. The van der Waals surface area contributed by atoms with Crippen molar-refractivity contribution in [1.82, 2.24) is 0 Å². The van der Waals surface area contributed by atoms with Gasteiger partial charge in [0.25, 0.3) is 0 Å². The van der Waals surface area contributed by atoms with Crippen molar-refractivity contribution >= 4 is 0 Å². The summed E-state index contributed by atoms with van der Waals surface area (Å²) >= 11 is 0. The van der Waals surface area contributed by atoms with Gasteiger partial charge in [-0.2, -0.15) is 0 Å². The molecule has 5 atom stereocenters. The van der Waals surface area contributed by atoms with Crippen molar-refractivity contribution in [3.05, 3.63) is 23.3 Å². The second-order valence-electron chi connectivity index (χ2n) is 10.9. The molecule has 0 aromatic heterocycles. The third kappa shape index (κ3) is 4.89. The highest BCUT2D eigenvalue weighted by Crippen LogP contribution is 2.37. The van der Waals surface area contributed by atoms with Crippen molar-refractivity contribution < 1.29 is 23.2 Å². The van der Waals surface area contributed by atoms with Gasteiger partial charge >= 0.3 is 0 Å². The van der Waals surface area contributed by atoms with Gasteiger partial charge in [-0.1, -0.05) is 0 Å². The molecule has 0 amide bonds. The molecule has 0 bridgehead atoms. The first-order valence-corrected chi connectivity index (χ1v) is 12.4. The summed E-state index contributed by atoms with van der Waals surface area (Å²) in [4.78, 5) is 0. The van der Waals surface area contributed by atoms with Gasteiger partial charge in [0.2, 0.25) is 0 Å². The molecule has 0 radical (unpaired) electrons. The zero-order valence-electron chi connectivity index (χ0n) is 20.5. The van der Waals surface area contributed by atoms with E-state index in [1.807, 2.05) is 0 Å². The third-order valence-electron chi connectivity index (χ3n) is 8.48. The molecular formula is C26H44N2O3+2. The van der Waals surface area contributed by atoms with Crippen LogP contribution >= 0.6 is 0 Å². The monoisotopic (exact) mass is 432 g/mol. The molecule has 3 heterocycles. The maximum atomic E-state index is 6.54. The number of fused-ring (bicyclic) bond motifs is 2. The Morgan fingerprint density at radius 2 is 1.65 bits per heavy atom. The van der Waals surface area contributed by atoms with Crippen LogP contribution in [0.3, 0.4) is 0 Å². The number of methoxy groups -OCH3 is 2. The molecule has 0 aliphatic carbocycles. The van der Waals surface area contributed by atoms with Crippen molar-refractivity contribution in [2.24, 2.45) is 5.92 Å². The molecule has 0 saturated carbocycles. The Morgan fingerprint density at radius 3 is 2.39 bits per heavy atom. The molecule has 174 valence electrons. The molecule has 5 nitrogen and oxygen atoms in total. The molecule has 0 spiro atoms. The van der Waals surface area contributed by atoms with E-state index >= 15 is 0 Å². The van der Waals surface area contributed by atoms with Crippen LogP contribution in [0.25, 0.3) is 0 Å². The lowest BCUT2D eigenvalue weighted by Crippen LogP contribution is -2.61. The minimum Gasteiger partial charge on any atom is -0.493 e. The quantitative estimate of drug-likeness (QED) is 0.609. The van der Waals surface area contributed by atoms with E-state index in [9.17, 15) is 0 Å². The summed E-state index contributed by atoms with van der Waals surface area (Å²) in [6, 6.07) is 5.17. The standard InChI is InChI=1S/C26H44N2O3/c1-20(31-19-22-9-8-13-28(3)12-7-6-10-24(22)28)17-27(2)14-11-21-15-25(29-4)26(30-5)16-23(21)18-27/h15-16,20,22,24H,6-14,17-19H2,1-5H3/q+2/t20-,22-,24-,27-,28+/m0/s1. The summed E-state index contributed by atoms with van der Waals surface area (Å²) in [7, 11) is 8.32. The van der Waals surface area contributed by atoms with Crippen molar-refractivity contribution in [2.75, 3.05) is 61.1 Å². The number of benzene rings is 1. The van der Waals surface area contributed by atoms with Gasteiger partial charge in [-0.25, -0.2) is 0 Å². The fourth-order valence-corrected chi connectivity index (χ4v) is 6.77. The maximum absolute atomic E-state index is 6.54. The van der Waals surface area contributed by atoms with Gasteiger partial charge in [-0.05, 0) is 50.3 Å². The number of rotatable bonds is 7. The van der Waals surface area contributed by atoms with Crippen LogP contribution in [0.4, 0.5) is 0 Å². The Kier molecular flexibility index (Phi) is 6.85. The second-order valence-corrected chi connectivity index (χ2v) is 10.9. The van der Waals surface area contributed by atoms with Gasteiger partial charge in [0, 0.05) is 24.3 Å². The van der Waals surface area contributed by atoms with Crippen molar-refractivity contribution in [1.29, 1.82) is 0 Å². The Morgan fingerprint density at radius 1 is 0.935 bits per heavy atom. The molecule has 2 saturated heterocycles. The largest absolute Gasteiger partial charge is 0.493 e. The van der Waals surface area contributed by atoms with Crippen LogP contribution in [-0.2, 0) is 17.7 Å². The van der Waals surface area contributed by atoms with Gasteiger partial charge < -0.3 is 23.2 Å². The summed E-state index contributed by atoms with van der Waals surface area (Å²) in [5, 5.41) is 0. The number of hydrogen-bond donors (Lipinski definition) is 0. The molecular weight excluding hydrogens is 388 g/mol. The van der Waals surface area contributed by atoms with Crippen molar-refractivity contribution in [3.8, 4) is 11.5 Å². The summed E-state index contributed by atoms with van der Waals surface area (Å²) < 4.78 is 19.9. The Labute approximate surface area is 189 Å². The fraction of sp³-hybridized carbons (Fsp3) is 0.769. The number of hydrogen-bond acceptors (Lipinski definition) is 3. The van der Waals surface area contributed by atoms with Crippen LogP contribution in [-0.4, -0.2) is 82.2 Å². The molecule has 0 unspecified atom stereocenters. The first-order chi connectivity index (χ1) is 14.9. The van der Waals surface area contributed by atoms with Gasteiger partial charge in [-0.15, -0.1) is 0 Å². The molecule has 1 aromatic carbocycles. The Balaban J connectivity index is 1.35. The molecule has 4 rings (SSSR count). The average Bonchev–Trinajstić information content (AvgIpc) is 2.75. The van der Waals surface area contributed by atoms with E-state index in [-0.39, 0.29) is 6.10 Å².